The maximum absolute atomic E-state index is 12.4. The number of aromatic nitrogens is 2. The summed E-state index contributed by atoms with van der Waals surface area (Å²) in [5.41, 5.74) is 2.72. The molecule has 0 aliphatic heterocycles. The van der Waals surface area contributed by atoms with Crippen molar-refractivity contribution in [3.8, 4) is 11.9 Å². The van der Waals surface area contributed by atoms with Crippen LogP contribution in [0.3, 0.4) is 0 Å². The fraction of sp³-hybridized carbons (Fsp3) is 0.227. The van der Waals surface area contributed by atoms with E-state index in [4.69, 9.17) is 14.6 Å². The molecule has 7 heteroatoms. The standard InChI is InChI=1S/C22H21N3O4/c1-16-7-5-10-25-19(21(24-20(16)25)28-12-6-11-26)13-18(14-23)22(27)29-15-17-8-3-2-4-9-17/h2-5,7-10,13,26H,6,11-12,15H2,1H3. The molecule has 1 aromatic carbocycles. The molecule has 148 valence electrons. The Morgan fingerprint density at radius 3 is 2.79 bits per heavy atom. The van der Waals surface area contributed by atoms with Crippen LogP contribution < -0.4 is 4.74 Å². The summed E-state index contributed by atoms with van der Waals surface area (Å²) in [6.45, 7) is 2.24. The van der Waals surface area contributed by atoms with Crippen LogP contribution in [0.25, 0.3) is 11.7 Å². The van der Waals surface area contributed by atoms with Crippen molar-refractivity contribution in [2.45, 2.75) is 20.0 Å². The van der Waals surface area contributed by atoms with Gasteiger partial charge in [-0.1, -0.05) is 36.4 Å². The molecular weight excluding hydrogens is 370 g/mol. The van der Waals surface area contributed by atoms with Crippen molar-refractivity contribution in [1.29, 1.82) is 5.26 Å². The number of nitrogens with zero attached hydrogens (tertiary/aromatic N) is 3. The normalized spacial score (nSPS) is 11.3. The van der Waals surface area contributed by atoms with E-state index in [2.05, 4.69) is 4.98 Å². The molecule has 0 saturated heterocycles. The number of fused-ring (bicyclic) bond motifs is 1. The first-order valence-electron chi connectivity index (χ1n) is 9.18. The first kappa shape index (κ1) is 20.1. The summed E-state index contributed by atoms with van der Waals surface area (Å²) in [7, 11) is 0. The lowest BCUT2D eigenvalue weighted by Crippen LogP contribution is -2.07. The molecule has 0 radical (unpaired) electrons. The number of ether oxygens (including phenoxy) is 2. The zero-order valence-electron chi connectivity index (χ0n) is 16.0. The summed E-state index contributed by atoms with van der Waals surface area (Å²) in [5, 5.41) is 18.5. The fourth-order valence-electron chi connectivity index (χ4n) is 2.75. The van der Waals surface area contributed by atoms with E-state index < -0.39 is 5.97 Å². The summed E-state index contributed by atoms with van der Waals surface area (Å²) in [5.74, 6) is -0.434. The number of carbonyl (C=O) groups excluding carboxylic acids is 1. The molecule has 3 aromatic rings. The molecule has 3 rings (SSSR count). The Morgan fingerprint density at radius 2 is 2.07 bits per heavy atom. The van der Waals surface area contributed by atoms with Crippen LogP contribution in [-0.4, -0.2) is 33.7 Å². The Morgan fingerprint density at radius 1 is 1.28 bits per heavy atom. The highest BCUT2D eigenvalue weighted by molar-refractivity contribution is 5.98. The number of carbonyl (C=O) groups is 1. The molecule has 0 aliphatic rings. The lowest BCUT2D eigenvalue weighted by Gasteiger charge is -2.06. The Kier molecular flexibility index (Phi) is 6.61. The predicted molar refractivity (Wildman–Crippen MR) is 107 cm³/mol. The Hall–Kier alpha value is -3.63. The molecule has 0 atom stereocenters. The third-order valence-electron chi connectivity index (χ3n) is 4.22. The first-order valence-corrected chi connectivity index (χ1v) is 9.18. The van der Waals surface area contributed by atoms with Gasteiger partial charge in [-0.05, 0) is 30.2 Å². The molecule has 0 spiro atoms. The number of rotatable bonds is 8. The number of benzene rings is 1. The first-order chi connectivity index (χ1) is 14.1. The molecule has 1 N–H and O–H groups in total. The van der Waals surface area contributed by atoms with Crippen LogP contribution in [-0.2, 0) is 16.1 Å². The third kappa shape index (κ3) is 4.81. The molecule has 2 aromatic heterocycles. The van der Waals surface area contributed by atoms with Crippen LogP contribution in [0.5, 0.6) is 5.88 Å². The monoisotopic (exact) mass is 391 g/mol. The third-order valence-corrected chi connectivity index (χ3v) is 4.22. The number of pyridine rings is 1. The van der Waals surface area contributed by atoms with Crippen molar-refractivity contribution in [3.63, 3.8) is 0 Å². The highest BCUT2D eigenvalue weighted by Gasteiger charge is 2.18. The van der Waals surface area contributed by atoms with Crippen molar-refractivity contribution in [1.82, 2.24) is 9.38 Å². The van der Waals surface area contributed by atoms with Gasteiger partial charge < -0.3 is 14.6 Å². The van der Waals surface area contributed by atoms with Gasteiger partial charge in [0.05, 0.1) is 6.61 Å². The van der Waals surface area contributed by atoms with Gasteiger partial charge >= 0.3 is 5.97 Å². The van der Waals surface area contributed by atoms with E-state index in [0.717, 1.165) is 11.1 Å². The Labute approximate surface area is 168 Å². The van der Waals surface area contributed by atoms with E-state index in [1.165, 1.54) is 6.08 Å². The summed E-state index contributed by atoms with van der Waals surface area (Å²) >= 11 is 0. The number of aliphatic hydroxyl groups excluding tert-OH is 1. The van der Waals surface area contributed by atoms with Crippen molar-refractivity contribution in [2.75, 3.05) is 13.2 Å². The quantitative estimate of drug-likeness (QED) is 0.274. The van der Waals surface area contributed by atoms with Gasteiger partial charge in [0.1, 0.15) is 29.6 Å². The van der Waals surface area contributed by atoms with Crippen molar-refractivity contribution >= 4 is 17.7 Å². The zero-order chi connectivity index (χ0) is 20.6. The minimum Gasteiger partial charge on any atom is -0.476 e. The van der Waals surface area contributed by atoms with Crippen LogP contribution in [0.4, 0.5) is 0 Å². The lowest BCUT2D eigenvalue weighted by atomic mass is 10.2. The Balaban J connectivity index is 1.90. The van der Waals surface area contributed by atoms with Gasteiger partial charge in [-0.2, -0.15) is 10.2 Å². The van der Waals surface area contributed by atoms with Gasteiger partial charge in [0.25, 0.3) is 0 Å². The summed E-state index contributed by atoms with van der Waals surface area (Å²) in [4.78, 5) is 16.9. The van der Waals surface area contributed by atoms with Crippen LogP contribution >= 0.6 is 0 Å². The van der Waals surface area contributed by atoms with Crippen LogP contribution in [0.15, 0.2) is 54.2 Å². The van der Waals surface area contributed by atoms with Gasteiger partial charge in [0.15, 0.2) is 0 Å². The van der Waals surface area contributed by atoms with Crippen molar-refractivity contribution < 1.29 is 19.4 Å². The smallest absolute Gasteiger partial charge is 0.349 e. The molecular formula is C22H21N3O4. The molecule has 0 aliphatic carbocycles. The van der Waals surface area contributed by atoms with E-state index in [1.807, 2.05) is 55.5 Å². The molecule has 2 heterocycles. The number of esters is 1. The molecule has 0 unspecified atom stereocenters. The number of nitriles is 1. The number of aryl methyl sites for hydroxylation is 1. The van der Waals surface area contributed by atoms with Crippen LogP contribution in [0.1, 0.15) is 23.2 Å². The largest absolute Gasteiger partial charge is 0.476 e. The highest BCUT2D eigenvalue weighted by atomic mass is 16.5. The van der Waals surface area contributed by atoms with Gasteiger partial charge in [-0.3, -0.25) is 4.40 Å². The topological polar surface area (TPSA) is 96.9 Å². The minimum absolute atomic E-state index is 0.00711. The summed E-state index contributed by atoms with van der Waals surface area (Å²) < 4.78 is 12.7. The average molecular weight is 391 g/mol. The van der Waals surface area contributed by atoms with E-state index in [9.17, 15) is 10.1 Å². The SMILES string of the molecule is Cc1cccn2c(C=C(C#N)C(=O)OCc3ccccc3)c(OCCCO)nc12. The second kappa shape index (κ2) is 9.53. The molecule has 7 nitrogen and oxygen atoms in total. The van der Waals surface area contributed by atoms with Gasteiger partial charge in [-0.15, -0.1) is 0 Å². The molecule has 0 fully saturated rings. The van der Waals surface area contributed by atoms with Gasteiger partial charge in [0, 0.05) is 19.2 Å². The minimum atomic E-state index is -0.722. The van der Waals surface area contributed by atoms with Crippen LogP contribution in [0.2, 0.25) is 0 Å². The maximum atomic E-state index is 12.4. The van der Waals surface area contributed by atoms with E-state index in [1.54, 1.807) is 10.6 Å². The van der Waals surface area contributed by atoms with Gasteiger partial charge in [-0.25, -0.2) is 4.79 Å². The van der Waals surface area contributed by atoms with Gasteiger partial charge in [0.2, 0.25) is 5.88 Å². The lowest BCUT2D eigenvalue weighted by molar-refractivity contribution is -0.139. The number of imidazole rings is 1. The predicted octanol–water partition coefficient (Wildman–Crippen LogP) is 3.05. The van der Waals surface area contributed by atoms with E-state index >= 15 is 0 Å². The zero-order valence-corrected chi connectivity index (χ0v) is 16.0. The molecule has 0 saturated carbocycles. The van der Waals surface area contributed by atoms with Crippen LogP contribution in [0, 0.1) is 18.3 Å². The Bertz CT molecular complexity index is 1060. The summed E-state index contributed by atoms with van der Waals surface area (Å²) in [6.07, 6.45) is 3.64. The fourth-order valence-corrected chi connectivity index (χ4v) is 2.75. The second-order valence-corrected chi connectivity index (χ2v) is 6.34. The number of aliphatic hydroxyl groups is 1. The maximum Gasteiger partial charge on any atom is 0.349 e. The molecule has 0 bridgehead atoms. The highest BCUT2D eigenvalue weighted by Crippen LogP contribution is 2.25. The number of hydrogen-bond donors (Lipinski definition) is 1. The molecule has 29 heavy (non-hydrogen) atoms. The summed E-state index contributed by atoms with van der Waals surface area (Å²) in [6, 6.07) is 14.9. The van der Waals surface area contributed by atoms with Crippen molar-refractivity contribution in [3.05, 3.63) is 71.1 Å². The second-order valence-electron chi connectivity index (χ2n) is 6.34. The van der Waals surface area contributed by atoms with E-state index in [-0.39, 0.29) is 31.3 Å². The molecule has 0 amide bonds. The average Bonchev–Trinajstić information content (AvgIpc) is 3.10. The number of hydrogen-bond acceptors (Lipinski definition) is 6. The van der Waals surface area contributed by atoms with Crippen molar-refractivity contribution in [2.24, 2.45) is 0 Å². The van der Waals surface area contributed by atoms with E-state index in [0.29, 0.717) is 17.8 Å².